The third kappa shape index (κ3) is 2.10. The van der Waals surface area contributed by atoms with Gasteiger partial charge in [-0.3, -0.25) is 10.1 Å². The summed E-state index contributed by atoms with van der Waals surface area (Å²) in [6.45, 7) is 0.472. The van der Waals surface area contributed by atoms with Gasteiger partial charge in [-0.15, -0.1) is 0 Å². The van der Waals surface area contributed by atoms with E-state index in [4.69, 9.17) is 4.74 Å². The maximum absolute atomic E-state index is 11.3. The molecule has 0 aliphatic carbocycles. The van der Waals surface area contributed by atoms with Crippen molar-refractivity contribution in [1.29, 1.82) is 0 Å². The van der Waals surface area contributed by atoms with E-state index in [-0.39, 0.29) is 18.5 Å². The highest BCUT2D eigenvalue weighted by molar-refractivity contribution is 6.01. The first-order chi connectivity index (χ1) is 7.69. The second-order valence-electron chi connectivity index (χ2n) is 3.42. The molecule has 2 heterocycles. The predicted molar refractivity (Wildman–Crippen MR) is 54.7 cm³/mol. The van der Waals surface area contributed by atoms with Crippen LogP contribution in [0.25, 0.3) is 0 Å². The van der Waals surface area contributed by atoms with Crippen molar-refractivity contribution in [2.75, 3.05) is 13.7 Å². The van der Waals surface area contributed by atoms with Crippen LogP contribution in [0.4, 0.5) is 4.79 Å². The molecule has 0 atom stereocenters. The van der Waals surface area contributed by atoms with Crippen LogP contribution in [0.5, 0.6) is 5.88 Å². The van der Waals surface area contributed by atoms with Crippen LogP contribution in [-0.2, 0) is 11.3 Å². The molecule has 0 unspecified atom stereocenters. The number of aromatic nitrogens is 1. The van der Waals surface area contributed by atoms with Gasteiger partial charge in [-0.1, -0.05) is 6.07 Å². The minimum absolute atomic E-state index is 0.102. The quantitative estimate of drug-likeness (QED) is 0.737. The number of hydrogen-bond donors (Lipinski definition) is 1. The number of methoxy groups -OCH3 is 1. The van der Waals surface area contributed by atoms with E-state index in [0.717, 1.165) is 5.56 Å². The van der Waals surface area contributed by atoms with E-state index in [1.807, 2.05) is 6.07 Å². The van der Waals surface area contributed by atoms with Crippen LogP contribution in [-0.4, -0.2) is 35.5 Å². The molecule has 6 nitrogen and oxygen atoms in total. The van der Waals surface area contributed by atoms with Crippen LogP contribution in [0.3, 0.4) is 0 Å². The van der Waals surface area contributed by atoms with Crippen molar-refractivity contribution in [1.82, 2.24) is 15.2 Å². The van der Waals surface area contributed by atoms with Gasteiger partial charge >= 0.3 is 6.03 Å². The molecule has 0 saturated carbocycles. The fourth-order valence-electron chi connectivity index (χ4n) is 1.46. The normalized spacial score (nSPS) is 15.2. The Morgan fingerprint density at radius 3 is 2.81 bits per heavy atom. The first kappa shape index (κ1) is 10.4. The average Bonchev–Trinajstić information content (AvgIpc) is 2.59. The number of rotatable bonds is 3. The molecule has 84 valence electrons. The molecular weight excluding hydrogens is 210 g/mol. The number of nitrogens with one attached hydrogen (secondary N) is 1. The molecule has 1 aliphatic rings. The first-order valence-electron chi connectivity index (χ1n) is 4.76. The van der Waals surface area contributed by atoms with Gasteiger partial charge in [0.2, 0.25) is 11.8 Å². The Morgan fingerprint density at radius 1 is 1.50 bits per heavy atom. The van der Waals surface area contributed by atoms with Gasteiger partial charge in [-0.25, -0.2) is 9.78 Å². The van der Waals surface area contributed by atoms with E-state index >= 15 is 0 Å². The number of hydrogen-bond acceptors (Lipinski definition) is 4. The van der Waals surface area contributed by atoms with Crippen molar-refractivity contribution >= 4 is 11.9 Å². The SMILES string of the molecule is COc1ccc(CN2CC(=O)NC2=O)cn1. The molecule has 0 radical (unpaired) electrons. The van der Waals surface area contributed by atoms with Crippen molar-refractivity contribution in [3.63, 3.8) is 0 Å². The highest BCUT2D eigenvalue weighted by Gasteiger charge is 2.26. The van der Waals surface area contributed by atoms with Crippen LogP contribution in [0.15, 0.2) is 18.3 Å². The van der Waals surface area contributed by atoms with Gasteiger partial charge in [0.15, 0.2) is 0 Å². The van der Waals surface area contributed by atoms with Gasteiger partial charge in [0.1, 0.15) is 6.54 Å². The van der Waals surface area contributed by atoms with E-state index in [0.29, 0.717) is 12.4 Å². The van der Waals surface area contributed by atoms with Gasteiger partial charge in [0, 0.05) is 18.8 Å². The van der Waals surface area contributed by atoms with Crippen molar-refractivity contribution in [2.45, 2.75) is 6.54 Å². The van der Waals surface area contributed by atoms with E-state index in [1.54, 1.807) is 12.3 Å². The molecule has 3 amide bonds. The van der Waals surface area contributed by atoms with Gasteiger partial charge in [0.25, 0.3) is 0 Å². The summed E-state index contributed by atoms with van der Waals surface area (Å²) >= 11 is 0. The summed E-state index contributed by atoms with van der Waals surface area (Å²) < 4.78 is 4.92. The molecule has 1 fully saturated rings. The predicted octanol–water partition coefficient (Wildman–Crippen LogP) is 0.142. The van der Waals surface area contributed by atoms with Crippen LogP contribution in [0.2, 0.25) is 0 Å². The van der Waals surface area contributed by atoms with Crippen molar-refractivity contribution < 1.29 is 14.3 Å². The van der Waals surface area contributed by atoms with Gasteiger partial charge in [-0.2, -0.15) is 0 Å². The summed E-state index contributed by atoms with van der Waals surface area (Å²) in [6.07, 6.45) is 1.62. The Kier molecular flexibility index (Phi) is 2.72. The topological polar surface area (TPSA) is 71.5 Å². The second kappa shape index (κ2) is 4.18. The van der Waals surface area contributed by atoms with Crippen LogP contribution < -0.4 is 10.1 Å². The minimum atomic E-state index is -0.360. The number of pyridine rings is 1. The summed E-state index contributed by atoms with van der Waals surface area (Å²) in [5.41, 5.74) is 0.852. The summed E-state index contributed by atoms with van der Waals surface area (Å²) in [5, 5.41) is 2.21. The van der Waals surface area contributed by atoms with E-state index < -0.39 is 0 Å². The standard InChI is InChI=1S/C10H11N3O3/c1-16-9-3-2-7(4-11-9)5-13-6-8(14)12-10(13)15/h2-4H,5-6H2,1H3,(H,12,14,15). The summed E-state index contributed by atoms with van der Waals surface area (Å²) in [6, 6.07) is 3.16. The number of carbonyl (C=O) groups excluding carboxylic acids is 2. The molecule has 0 aromatic carbocycles. The number of amides is 3. The molecule has 1 aromatic rings. The number of imide groups is 1. The molecule has 1 aliphatic heterocycles. The summed E-state index contributed by atoms with van der Waals surface area (Å²) in [5.74, 6) is 0.247. The smallest absolute Gasteiger partial charge is 0.324 e. The summed E-state index contributed by atoms with van der Waals surface area (Å²) in [7, 11) is 1.54. The lowest BCUT2D eigenvalue weighted by molar-refractivity contribution is -0.118. The zero-order valence-corrected chi connectivity index (χ0v) is 8.77. The number of urea groups is 1. The molecule has 1 saturated heterocycles. The third-order valence-corrected chi connectivity index (χ3v) is 2.25. The fourth-order valence-corrected chi connectivity index (χ4v) is 1.46. The molecule has 6 heteroatoms. The van der Waals surface area contributed by atoms with Crippen LogP contribution in [0, 0.1) is 0 Å². The van der Waals surface area contributed by atoms with Crippen LogP contribution >= 0.6 is 0 Å². The third-order valence-electron chi connectivity index (χ3n) is 2.25. The molecule has 0 spiro atoms. The summed E-state index contributed by atoms with van der Waals surface area (Å²) in [4.78, 5) is 27.6. The molecule has 2 rings (SSSR count). The highest BCUT2D eigenvalue weighted by Crippen LogP contribution is 2.10. The Balaban J connectivity index is 2.03. The van der Waals surface area contributed by atoms with Crippen molar-refractivity contribution in [3.05, 3.63) is 23.9 Å². The monoisotopic (exact) mass is 221 g/mol. The molecule has 1 aromatic heterocycles. The maximum Gasteiger partial charge on any atom is 0.324 e. The maximum atomic E-state index is 11.3. The number of nitrogens with zero attached hydrogens (tertiary/aromatic N) is 2. The number of ether oxygens (including phenoxy) is 1. The van der Waals surface area contributed by atoms with Crippen molar-refractivity contribution in [2.24, 2.45) is 0 Å². The highest BCUT2D eigenvalue weighted by atomic mass is 16.5. The lowest BCUT2D eigenvalue weighted by atomic mass is 10.2. The Hall–Kier alpha value is -2.11. The van der Waals surface area contributed by atoms with E-state index in [2.05, 4.69) is 10.3 Å². The molecule has 0 bridgehead atoms. The van der Waals surface area contributed by atoms with Gasteiger partial charge in [0.05, 0.1) is 7.11 Å². The molecule has 16 heavy (non-hydrogen) atoms. The lowest BCUT2D eigenvalue weighted by Crippen LogP contribution is -2.27. The van der Waals surface area contributed by atoms with Gasteiger partial charge < -0.3 is 9.64 Å². The zero-order chi connectivity index (χ0) is 11.5. The van der Waals surface area contributed by atoms with E-state index in [9.17, 15) is 9.59 Å². The van der Waals surface area contributed by atoms with Crippen molar-refractivity contribution in [3.8, 4) is 5.88 Å². The fraction of sp³-hybridized carbons (Fsp3) is 0.300. The number of carbonyl (C=O) groups is 2. The lowest BCUT2D eigenvalue weighted by Gasteiger charge is -2.12. The Bertz CT molecular complexity index is 416. The van der Waals surface area contributed by atoms with Crippen LogP contribution in [0.1, 0.15) is 5.56 Å². The minimum Gasteiger partial charge on any atom is -0.481 e. The Morgan fingerprint density at radius 2 is 2.31 bits per heavy atom. The first-order valence-corrected chi connectivity index (χ1v) is 4.76. The van der Waals surface area contributed by atoms with Gasteiger partial charge in [-0.05, 0) is 5.56 Å². The second-order valence-corrected chi connectivity index (χ2v) is 3.42. The molecular formula is C10H11N3O3. The Labute approximate surface area is 92.2 Å². The largest absolute Gasteiger partial charge is 0.481 e. The van der Waals surface area contributed by atoms with E-state index in [1.165, 1.54) is 12.0 Å². The molecule has 1 N–H and O–H groups in total. The average molecular weight is 221 g/mol. The zero-order valence-electron chi connectivity index (χ0n) is 8.77.